The summed E-state index contributed by atoms with van der Waals surface area (Å²) in [7, 11) is 0. The van der Waals surface area contributed by atoms with E-state index in [1.807, 2.05) is 39.8 Å². The smallest absolute Gasteiger partial charge is 0.407 e. The molecule has 1 aromatic rings. The Kier molecular flexibility index (Phi) is 4.16. The Labute approximate surface area is 120 Å². The number of aryl methyl sites for hydroxylation is 1. The Balaban J connectivity index is 1.73. The standard InChI is InChI=1S/C15H23N3O2/c1-10-13(6-5-7-16-10)17-11-8-12(9-11)18-14(19)20-15(2,3)4/h5-7,11-12,17H,8-9H2,1-4H3,(H,18,19). The van der Waals surface area contributed by atoms with Gasteiger partial charge in [0.1, 0.15) is 5.60 Å². The van der Waals surface area contributed by atoms with Gasteiger partial charge in [-0.15, -0.1) is 0 Å². The highest BCUT2D eigenvalue weighted by atomic mass is 16.6. The molecule has 0 atom stereocenters. The zero-order chi connectivity index (χ0) is 14.8. The van der Waals surface area contributed by atoms with Crippen LogP contribution < -0.4 is 10.6 Å². The molecule has 1 amide bonds. The van der Waals surface area contributed by atoms with Crippen LogP contribution in [0.25, 0.3) is 0 Å². The number of alkyl carbamates (subject to hydrolysis) is 1. The second-order valence-corrected chi connectivity index (χ2v) is 6.29. The quantitative estimate of drug-likeness (QED) is 0.891. The summed E-state index contributed by atoms with van der Waals surface area (Å²) in [6.07, 6.45) is 3.27. The number of nitrogens with zero attached hydrogens (tertiary/aromatic N) is 1. The lowest BCUT2D eigenvalue weighted by molar-refractivity contribution is 0.0475. The lowest BCUT2D eigenvalue weighted by Crippen LogP contribution is -2.50. The van der Waals surface area contributed by atoms with Crippen molar-refractivity contribution in [2.24, 2.45) is 0 Å². The summed E-state index contributed by atoms with van der Waals surface area (Å²) in [5, 5.41) is 6.33. The van der Waals surface area contributed by atoms with Crippen molar-refractivity contribution in [2.75, 3.05) is 5.32 Å². The number of hydrogen-bond donors (Lipinski definition) is 2. The first-order valence-electron chi connectivity index (χ1n) is 7.01. The second kappa shape index (κ2) is 5.69. The Bertz CT molecular complexity index is 476. The lowest BCUT2D eigenvalue weighted by Gasteiger charge is -2.37. The molecular formula is C15H23N3O2. The Morgan fingerprint density at radius 1 is 1.35 bits per heavy atom. The summed E-state index contributed by atoms with van der Waals surface area (Å²) < 4.78 is 5.24. The van der Waals surface area contributed by atoms with Crippen molar-refractivity contribution >= 4 is 11.8 Å². The lowest BCUT2D eigenvalue weighted by atomic mass is 9.86. The third kappa shape index (κ3) is 4.11. The summed E-state index contributed by atoms with van der Waals surface area (Å²) >= 11 is 0. The number of rotatable bonds is 3. The molecule has 5 heteroatoms. The summed E-state index contributed by atoms with van der Waals surface area (Å²) in [5.41, 5.74) is 1.61. The predicted octanol–water partition coefficient (Wildman–Crippen LogP) is 2.86. The van der Waals surface area contributed by atoms with Crippen molar-refractivity contribution in [2.45, 2.75) is 58.2 Å². The van der Waals surface area contributed by atoms with Gasteiger partial charge in [-0.1, -0.05) is 0 Å². The molecular weight excluding hydrogens is 254 g/mol. The molecule has 1 heterocycles. The summed E-state index contributed by atoms with van der Waals surface area (Å²) in [6, 6.07) is 4.53. The van der Waals surface area contributed by atoms with Crippen LogP contribution in [0.4, 0.5) is 10.5 Å². The van der Waals surface area contributed by atoms with Gasteiger partial charge in [0.2, 0.25) is 0 Å². The molecule has 5 nitrogen and oxygen atoms in total. The molecule has 20 heavy (non-hydrogen) atoms. The van der Waals surface area contributed by atoms with E-state index in [-0.39, 0.29) is 12.1 Å². The van der Waals surface area contributed by atoms with Crippen LogP contribution in [0.2, 0.25) is 0 Å². The average molecular weight is 277 g/mol. The van der Waals surface area contributed by atoms with Gasteiger partial charge >= 0.3 is 6.09 Å². The van der Waals surface area contributed by atoms with Crippen molar-refractivity contribution in [3.8, 4) is 0 Å². The fourth-order valence-corrected chi connectivity index (χ4v) is 2.18. The van der Waals surface area contributed by atoms with E-state index in [2.05, 4.69) is 15.6 Å². The maximum atomic E-state index is 11.6. The number of pyridine rings is 1. The second-order valence-electron chi connectivity index (χ2n) is 6.29. The van der Waals surface area contributed by atoms with Gasteiger partial charge in [-0.3, -0.25) is 4.98 Å². The third-order valence-corrected chi connectivity index (χ3v) is 3.23. The van der Waals surface area contributed by atoms with E-state index >= 15 is 0 Å². The van der Waals surface area contributed by atoms with E-state index in [4.69, 9.17) is 4.74 Å². The summed E-state index contributed by atoms with van der Waals surface area (Å²) in [5.74, 6) is 0. The van der Waals surface area contributed by atoms with Crippen molar-refractivity contribution in [3.05, 3.63) is 24.0 Å². The summed E-state index contributed by atoms with van der Waals surface area (Å²) in [6.45, 7) is 7.58. The number of aromatic nitrogens is 1. The van der Waals surface area contributed by atoms with E-state index < -0.39 is 5.60 Å². The number of anilines is 1. The van der Waals surface area contributed by atoms with Gasteiger partial charge in [-0.05, 0) is 52.7 Å². The number of amides is 1. The van der Waals surface area contributed by atoms with Crippen LogP contribution in [0, 0.1) is 6.92 Å². The van der Waals surface area contributed by atoms with Crippen LogP contribution in [-0.4, -0.2) is 28.8 Å². The monoisotopic (exact) mass is 277 g/mol. The zero-order valence-corrected chi connectivity index (χ0v) is 12.6. The Morgan fingerprint density at radius 3 is 2.65 bits per heavy atom. The number of nitrogens with one attached hydrogen (secondary N) is 2. The Hall–Kier alpha value is -1.78. The van der Waals surface area contributed by atoms with Gasteiger partial charge in [-0.2, -0.15) is 0 Å². The van der Waals surface area contributed by atoms with E-state index in [1.165, 1.54) is 0 Å². The van der Waals surface area contributed by atoms with E-state index in [9.17, 15) is 4.79 Å². The molecule has 0 saturated heterocycles. The number of carbonyl (C=O) groups is 1. The molecule has 2 N–H and O–H groups in total. The number of carbonyl (C=O) groups excluding carboxylic acids is 1. The van der Waals surface area contributed by atoms with Gasteiger partial charge in [0, 0.05) is 18.3 Å². The molecule has 0 aliphatic heterocycles. The van der Waals surface area contributed by atoms with Gasteiger partial charge in [0.25, 0.3) is 0 Å². The van der Waals surface area contributed by atoms with Crippen molar-refractivity contribution in [1.82, 2.24) is 10.3 Å². The fraction of sp³-hybridized carbons (Fsp3) is 0.600. The van der Waals surface area contributed by atoms with Crippen LogP contribution in [-0.2, 0) is 4.74 Å². The third-order valence-electron chi connectivity index (χ3n) is 3.23. The molecule has 1 aliphatic carbocycles. The molecule has 0 radical (unpaired) electrons. The van der Waals surface area contributed by atoms with Gasteiger partial charge in [0.15, 0.2) is 0 Å². The molecule has 1 fully saturated rings. The van der Waals surface area contributed by atoms with Gasteiger partial charge in [-0.25, -0.2) is 4.79 Å². The first-order valence-corrected chi connectivity index (χ1v) is 7.01. The van der Waals surface area contributed by atoms with Crippen molar-refractivity contribution in [3.63, 3.8) is 0 Å². The van der Waals surface area contributed by atoms with Crippen LogP contribution in [0.15, 0.2) is 18.3 Å². The molecule has 0 spiro atoms. The highest BCUT2D eigenvalue weighted by Gasteiger charge is 2.31. The average Bonchev–Trinajstić information content (AvgIpc) is 2.26. The molecule has 1 aromatic heterocycles. The molecule has 0 aromatic carbocycles. The van der Waals surface area contributed by atoms with Crippen LogP contribution >= 0.6 is 0 Å². The van der Waals surface area contributed by atoms with Crippen molar-refractivity contribution < 1.29 is 9.53 Å². The minimum Gasteiger partial charge on any atom is -0.444 e. The predicted molar refractivity (Wildman–Crippen MR) is 78.8 cm³/mol. The largest absolute Gasteiger partial charge is 0.444 e. The molecule has 110 valence electrons. The summed E-state index contributed by atoms with van der Waals surface area (Å²) in [4.78, 5) is 15.9. The zero-order valence-electron chi connectivity index (χ0n) is 12.6. The first-order chi connectivity index (χ1) is 9.33. The first kappa shape index (κ1) is 14.6. The SMILES string of the molecule is Cc1ncccc1NC1CC(NC(=O)OC(C)(C)C)C1. The van der Waals surface area contributed by atoms with Crippen LogP contribution in [0.3, 0.4) is 0 Å². The van der Waals surface area contributed by atoms with E-state index in [0.29, 0.717) is 6.04 Å². The van der Waals surface area contributed by atoms with Gasteiger partial charge in [0.05, 0.1) is 11.4 Å². The molecule has 1 saturated carbocycles. The van der Waals surface area contributed by atoms with Crippen molar-refractivity contribution in [1.29, 1.82) is 0 Å². The number of ether oxygens (including phenoxy) is 1. The minimum atomic E-state index is -0.446. The highest BCUT2D eigenvalue weighted by Crippen LogP contribution is 2.25. The van der Waals surface area contributed by atoms with E-state index in [1.54, 1.807) is 6.20 Å². The maximum absolute atomic E-state index is 11.6. The van der Waals surface area contributed by atoms with E-state index in [0.717, 1.165) is 24.2 Å². The molecule has 2 rings (SSSR count). The maximum Gasteiger partial charge on any atom is 0.407 e. The van der Waals surface area contributed by atoms with Crippen LogP contribution in [0.1, 0.15) is 39.3 Å². The Morgan fingerprint density at radius 2 is 2.05 bits per heavy atom. The highest BCUT2D eigenvalue weighted by molar-refractivity contribution is 5.68. The molecule has 1 aliphatic rings. The fourth-order valence-electron chi connectivity index (χ4n) is 2.18. The topological polar surface area (TPSA) is 63.2 Å². The molecule has 0 bridgehead atoms. The number of hydrogen-bond acceptors (Lipinski definition) is 4. The van der Waals surface area contributed by atoms with Crippen LogP contribution in [0.5, 0.6) is 0 Å². The van der Waals surface area contributed by atoms with Gasteiger partial charge < -0.3 is 15.4 Å². The molecule has 0 unspecified atom stereocenters. The minimum absolute atomic E-state index is 0.194. The normalized spacial score (nSPS) is 21.8.